The molecule has 1 aliphatic heterocycles. The predicted molar refractivity (Wildman–Crippen MR) is 92.5 cm³/mol. The number of hydrogen-bond donors (Lipinski definition) is 2. The first-order chi connectivity index (χ1) is 11.0. The maximum absolute atomic E-state index is 12.1. The van der Waals surface area contributed by atoms with Crippen molar-refractivity contribution in [2.45, 2.75) is 32.5 Å². The van der Waals surface area contributed by atoms with Crippen LogP contribution in [0.15, 0.2) is 24.3 Å². The molecular formula is C17H26ClN3O2. The molecule has 0 aliphatic carbocycles. The first-order valence-electron chi connectivity index (χ1n) is 8.10. The summed E-state index contributed by atoms with van der Waals surface area (Å²) in [5.74, 6) is 0.0149. The quantitative estimate of drug-likeness (QED) is 0.821. The van der Waals surface area contributed by atoms with Crippen LogP contribution in [0.3, 0.4) is 0 Å². The number of piperazine rings is 1. The van der Waals surface area contributed by atoms with E-state index in [-0.39, 0.29) is 12.0 Å². The molecule has 1 aromatic carbocycles. The molecule has 2 rings (SSSR count). The van der Waals surface area contributed by atoms with E-state index >= 15 is 0 Å². The fourth-order valence-electron chi connectivity index (χ4n) is 2.92. The van der Waals surface area contributed by atoms with Gasteiger partial charge in [-0.15, -0.1) is 0 Å². The van der Waals surface area contributed by atoms with E-state index in [0.717, 1.165) is 25.2 Å². The minimum atomic E-state index is -0.317. The van der Waals surface area contributed by atoms with E-state index in [1.807, 2.05) is 24.3 Å². The maximum Gasteiger partial charge on any atom is 0.234 e. The van der Waals surface area contributed by atoms with Crippen LogP contribution in [0.5, 0.6) is 0 Å². The van der Waals surface area contributed by atoms with Crippen LogP contribution < -0.4 is 5.32 Å². The van der Waals surface area contributed by atoms with Crippen molar-refractivity contribution in [3.63, 3.8) is 0 Å². The molecular weight excluding hydrogens is 314 g/mol. The predicted octanol–water partition coefficient (Wildman–Crippen LogP) is 1.34. The van der Waals surface area contributed by atoms with Crippen molar-refractivity contribution >= 4 is 17.5 Å². The monoisotopic (exact) mass is 339 g/mol. The minimum Gasteiger partial charge on any atom is -0.392 e. The second-order valence-corrected chi connectivity index (χ2v) is 6.70. The summed E-state index contributed by atoms with van der Waals surface area (Å²) in [5.41, 5.74) is 0.928. The molecule has 0 spiro atoms. The number of benzene rings is 1. The van der Waals surface area contributed by atoms with E-state index in [1.54, 1.807) is 6.92 Å². The fourth-order valence-corrected chi connectivity index (χ4v) is 3.12. The Morgan fingerprint density at radius 1 is 1.43 bits per heavy atom. The number of β-amino-alcohol motifs (C(OH)–C–C–N with tert-alkyl or cyclic N) is 1. The van der Waals surface area contributed by atoms with Crippen LogP contribution in [0.1, 0.15) is 19.4 Å². The molecule has 128 valence electrons. The summed E-state index contributed by atoms with van der Waals surface area (Å²) >= 11 is 6.09. The van der Waals surface area contributed by atoms with Gasteiger partial charge in [-0.3, -0.25) is 14.6 Å². The molecule has 6 heteroatoms. The Hall–Kier alpha value is -1.14. The van der Waals surface area contributed by atoms with Crippen LogP contribution in [-0.2, 0) is 11.3 Å². The van der Waals surface area contributed by atoms with Crippen molar-refractivity contribution in [2.24, 2.45) is 0 Å². The molecule has 0 bridgehead atoms. The number of carbonyl (C=O) groups is 1. The molecule has 1 fully saturated rings. The van der Waals surface area contributed by atoms with E-state index < -0.39 is 0 Å². The van der Waals surface area contributed by atoms with Gasteiger partial charge in [0.25, 0.3) is 0 Å². The second kappa shape index (κ2) is 8.64. The van der Waals surface area contributed by atoms with Crippen LogP contribution in [-0.4, -0.2) is 65.7 Å². The molecule has 1 heterocycles. The summed E-state index contributed by atoms with van der Waals surface area (Å²) in [6, 6.07) is 7.87. The summed E-state index contributed by atoms with van der Waals surface area (Å²) in [6.45, 7) is 8.05. The van der Waals surface area contributed by atoms with Crippen LogP contribution in [0.4, 0.5) is 0 Å². The average Bonchev–Trinajstić information content (AvgIpc) is 2.49. The summed E-state index contributed by atoms with van der Waals surface area (Å²) in [7, 11) is 0. The van der Waals surface area contributed by atoms with Crippen LogP contribution in [0.2, 0.25) is 5.02 Å². The summed E-state index contributed by atoms with van der Waals surface area (Å²) in [6.07, 6.45) is -0.317. The number of hydrogen-bond acceptors (Lipinski definition) is 4. The molecule has 5 nitrogen and oxygen atoms in total. The molecule has 0 aromatic heterocycles. The highest BCUT2D eigenvalue weighted by Gasteiger charge is 2.25. The third-order valence-corrected chi connectivity index (χ3v) is 4.52. The van der Waals surface area contributed by atoms with Gasteiger partial charge in [-0.25, -0.2) is 0 Å². The Morgan fingerprint density at radius 3 is 2.83 bits per heavy atom. The SMILES string of the molecule is C[C@H](O)CN1CCN(CC(=O)NCc2ccccc2Cl)C[C@@H]1C. The smallest absolute Gasteiger partial charge is 0.234 e. The zero-order chi connectivity index (χ0) is 16.8. The third kappa shape index (κ3) is 5.77. The lowest BCUT2D eigenvalue weighted by molar-refractivity contribution is -0.123. The number of aliphatic hydroxyl groups excluding tert-OH is 1. The van der Waals surface area contributed by atoms with Crippen molar-refractivity contribution < 1.29 is 9.90 Å². The van der Waals surface area contributed by atoms with Gasteiger partial charge >= 0.3 is 0 Å². The van der Waals surface area contributed by atoms with Gasteiger partial charge < -0.3 is 10.4 Å². The van der Waals surface area contributed by atoms with Crippen molar-refractivity contribution in [2.75, 3.05) is 32.7 Å². The Bertz CT molecular complexity index is 524. The van der Waals surface area contributed by atoms with Gasteiger partial charge in [-0.1, -0.05) is 29.8 Å². The highest BCUT2D eigenvalue weighted by atomic mass is 35.5. The lowest BCUT2D eigenvalue weighted by Crippen LogP contribution is -2.55. The van der Waals surface area contributed by atoms with Gasteiger partial charge in [0.05, 0.1) is 12.6 Å². The van der Waals surface area contributed by atoms with Crippen LogP contribution in [0, 0.1) is 0 Å². The molecule has 1 aliphatic rings. The van der Waals surface area contributed by atoms with Crippen molar-refractivity contribution in [1.29, 1.82) is 0 Å². The number of nitrogens with one attached hydrogen (secondary N) is 1. The zero-order valence-corrected chi connectivity index (χ0v) is 14.6. The summed E-state index contributed by atoms with van der Waals surface area (Å²) in [5, 5.41) is 13.1. The van der Waals surface area contributed by atoms with E-state index in [9.17, 15) is 9.90 Å². The van der Waals surface area contributed by atoms with Gasteiger partial charge in [0.2, 0.25) is 5.91 Å². The standard InChI is InChI=1S/C17H26ClN3O2/c1-13-10-20(7-8-21(13)11-14(2)22)12-17(23)19-9-15-5-3-4-6-16(15)18/h3-6,13-14,22H,7-12H2,1-2H3,(H,19,23)/t13-,14-/m0/s1. The van der Waals surface area contributed by atoms with Crippen molar-refractivity contribution in [1.82, 2.24) is 15.1 Å². The number of halogens is 1. The number of carbonyl (C=O) groups excluding carboxylic acids is 1. The van der Waals surface area contributed by atoms with Crippen LogP contribution >= 0.6 is 11.6 Å². The highest BCUT2D eigenvalue weighted by molar-refractivity contribution is 6.31. The fraction of sp³-hybridized carbons (Fsp3) is 0.588. The summed E-state index contributed by atoms with van der Waals surface area (Å²) in [4.78, 5) is 16.5. The molecule has 1 amide bonds. The van der Waals surface area contributed by atoms with E-state index in [4.69, 9.17) is 11.6 Å². The Morgan fingerprint density at radius 2 is 2.17 bits per heavy atom. The first kappa shape index (κ1) is 18.2. The molecule has 1 aromatic rings. The Labute approximate surface area is 143 Å². The Kier molecular flexibility index (Phi) is 6.84. The molecule has 0 unspecified atom stereocenters. The molecule has 1 saturated heterocycles. The first-order valence-corrected chi connectivity index (χ1v) is 8.48. The van der Waals surface area contributed by atoms with Gasteiger partial charge in [0.1, 0.15) is 0 Å². The minimum absolute atomic E-state index is 0.0149. The van der Waals surface area contributed by atoms with Crippen LogP contribution in [0.25, 0.3) is 0 Å². The maximum atomic E-state index is 12.1. The molecule has 2 atom stereocenters. The third-order valence-electron chi connectivity index (χ3n) is 4.15. The Balaban J connectivity index is 1.75. The van der Waals surface area contributed by atoms with E-state index in [2.05, 4.69) is 22.0 Å². The number of aliphatic hydroxyl groups is 1. The van der Waals surface area contributed by atoms with Gasteiger partial charge in [0.15, 0.2) is 0 Å². The number of nitrogens with zero attached hydrogens (tertiary/aromatic N) is 2. The molecule has 2 N–H and O–H groups in total. The van der Waals surface area contributed by atoms with E-state index in [0.29, 0.717) is 30.7 Å². The molecule has 0 saturated carbocycles. The zero-order valence-electron chi connectivity index (χ0n) is 13.8. The van der Waals surface area contributed by atoms with Crippen molar-refractivity contribution in [3.8, 4) is 0 Å². The van der Waals surface area contributed by atoms with Gasteiger partial charge in [0, 0.05) is 43.8 Å². The number of rotatable bonds is 6. The summed E-state index contributed by atoms with van der Waals surface area (Å²) < 4.78 is 0. The second-order valence-electron chi connectivity index (χ2n) is 6.30. The van der Waals surface area contributed by atoms with Crippen molar-refractivity contribution in [3.05, 3.63) is 34.9 Å². The van der Waals surface area contributed by atoms with E-state index in [1.165, 1.54) is 0 Å². The van der Waals surface area contributed by atoms with Gasteiger partial charge in [-0.2, -0.15) is 0 Å². The topological polar surface area (TPSA) is 55.8 Å². The lowest BCUT2D eigenvalue weighted by Gasteiger charge is -2.40. The lowest BCUT2D eigenvalue weighted by atomic mass is 10.1. The molecule has 0 radical (unpaired) electrons. The normalized spacial score (nSPS) is 21.1. The largest absolute Gasteiger partial charge is 0.392 e. The number of amides is 1. The van der Waals surface area contributed by atoms with Gasteiger partial charge in [-0.05, 0) is 25.5 Å². The molecule has 23 heavy (non-hydrogen) atoms. The average molecular weight is 340 g/mol. The highest BCUT2D eigenvalue weighted by Crippen LogP contribution is 2.14.